The fraction of sp³-hybridized carbons (Fsp3) is 0.184. The molecule has 2 aliphatic heterocycles. The van der Waals surface area contributed by atoms with Crippen LogP contribution in [0, 0.1) is 11.3 Å². The maximum atomic E-state index is 2.70. The lowest BCUT2D eigenvalue weighted by Crippen LogP contribution is -2.36. The van der Waals surface area contributed by atoms with Gasteiger partial charge in [-0.15, -0.1) is 0 Å². The van der Waals surface area contributed by atoms with E-state index in [1.807, 2.05) is 0 Å². The van der Waals surface area contributed by atoms with Crippen LogP contribution in [0.2, 0.25) is 0 Å². The van der Waals surface area contributed by atoms with Gasteiger partial charge in [-0.2, -0.15) is 0 Å². The van der Waals surface area contributed by atoms with Crippen molar-refractivity contribution >= 4 is 48.7 Å². The van der Waals surface area contributed by atoms with Crippen molar-refractivity contribution in [2.75, 3.05) is 0 Å². The third kappa shape index (κ3) is 3.84. The van der Waals surface area contributed by atoms with E-state index in [9.17, 15) is 0 Å². The van der Waals surface area contributed by atoms with Crippen LogP contribution in [0.4, 0.5) is 0 Å². The molecule has 2 atom stereocenters. The van der Waals surface area contributed by atoms with Gasteiger partial charge in [-0.1, -0.05) is 129 Å². The fourth-order valence-electron chi connectivity index (χ4n) is 10.4. The van der Waals surface area contributed by atoms with Gasteiger partial charge in [0.25, 0.3) is 0 Å². The first-order valence-corrected chi connectivity index (χ1v) is 18.4. The summed E-state index contributed by atoms with van der Waals surface area (Å²) in [5.41, 5.74) is 13.5. The summed E-state index contributed by atoms with van der Waals surface area (Å²) in [4.78, 5) is 2.70. The third-order valence-corrected chi connectivity index (χ3v) is 12.6. The number of allylic oxidation sites excluding steroid dienone is 9. The predicted molar refractivity (Wildman–Crippen MR) is 211 cm³/mol. The highest BCUT2D eigenvalue weighted by Crippen LogP contribution is 2.61. The molecule has 0 radical (unpaired) electrons. The highest BCUT2D eigenvalue weighted by Gasteiger charge is 2.49. The van der Waals surface area contributed by atoms with Crippen LogP contribution in [0.15, 0.2) is 173 Å². The maximum absolute atomic E-state index is 2.70. The van der Waals surface area contributed by atoms with Gasteiger partial charge in [0.1, 0.15) is 0 Å². The van der Waals surface area contributed by atoms with Gasteiger partial charge in [-0.25, -0.2) is 0 Å². The van der Waals surface area contributed by atoms with E-state index in [1.54, 1.807) is 11.1 Å². The summed E-state index contributed by atoms with van der Waals surface area (Å²) < 4.78 is 0. The minimum atomic E-state index is -0.0419. The highest BCUT2D eigenvalue weighted by molar-refractivity contribution is 6.09. The molecule has 0 spiro atoms. The number of benzene rings is 6. The Bertz CT molecular complexity index is 2580. The van der Waals surface area contributed by atoms with Gasteiger partial charge in [0.05, 0.1) is 0 Å². The average Bonchev–Trinajstić information content (AvgIpc) is 3.48. The molecule has 1 heteroatoms. The summed E-state index contributed by atoms with van der Waals surface area (Å²) in [6.45, 7) is 4.99. The van der Waals surface area contributed by atoms with Crippen molar-refractivity contribution in [3.63, 3.8) is 0 Å². The molecule has 0 N–H and O–H groups in total. The Morgan fingerprint density at radius 1 is 0.640 bits per heavy atom. The molecule has 1 nitrogen and oxygen atoms in total. The van der Waals surface area contributed by atoms with E-state index in [1.165, 1.54) is 82.5 Å². The van der Waals surface area contributed by atoms with Crippen LogP contribution in [0.25, 0.3) is 48.7 Å². The van der Waals surface area contributed by atoms with Crippen molar-refractivity contribution in [1.82, 2.24) is 4.90 Å². The lowest BCUT2D eigenvalue weighted by Gasteiger charge is -2.46. The summed E-state index contributed by atoms with van der Waals surface area (Å²) in [7, 11) is 0. The SMILES string of the molecule is CC1(C)C2=C3C(CC(c4c5ccccc5cc5ccccc45)=C2)C2=C(C=CC(c4c5ccccc5cc5ccccc45)C2)N3C2=C1CCC=C2. The summed E-state index contributed by atoms with van der Waals surface area (Å²) in [6.07, 6.45) is 16.8. The molecule has 3 aliphatic carbocycles. The summed E-state index contributed by atoms with van der Waals surface area (Å²) in [5, 5.41) is 10.8. The van der Waals surface area contributed by atoms with Gasteiger partial charge >= 0.3 is 0 Å². The Morgan fingerprint density at radius 2 is 1.22 bits per heavy atom. The molecule has 6 aromatic rings. The molecule has 0 saturated carbocycles. The van der Waals surface area contributed by atoms with Gasteiger partial charge in [-0.05, 0) is 126 Å². The Labute approximate surface area is 293 Å². The minimum Gasteiger partial charge on any atom is -0.313 e. The van der Waals surface area contributed by atoms with E-state index >= 15 is 0 Å². The highest BCUT2D eigenvalue weighted by atomic mass is 15.2. The summed E-state index contributed by atoms with van der Waals surface area (Å²) >= 11 is 0. The zero-order valence-corrected chi connectivity index (χ0v) is 28.7. The smallest absolute Gasteiger partial charge is 0.0456 e. The molecular weight excluding hydrogens is 603 g/mol. The van der Waals surface area contributed by atoms with Crippen LogP contribution in [0.5, 0.6) is 0 Å². The topological polar surface area (TPSA) is 3.24 Å². The van der Waals surface area contributed by atoms with Crippen molar-refractivity contribution in [1.29, 1.82) is 0 Å². The maximum Gasteiger partial charge on any atom is 0.0456 e. The first-order chi connectivity index (χ1) is 24.6. The van der Waals surface area contributed by atoms with Crippen molar-refractivity contribution in [2.24, 2.45) is 11.3 Å². The van der Waals surface area contributed by atoms with Crippen molar-refractivity contribution in [3.05, 3.63) is 185 Å². The van der Waals surface area contributed by atoms with Crippen LogP contribution in [0.3, 0.4) is 0 Å². The van der Waals surface area contributed by atoms with Crippen LogP contribution >= 0.6 is 0 Å². The lowest BCUT2D eigenvalue weighted by atomic mass is 9.65. The minimum absolute atomic E-state index is 0.0419. The van der Waals surface area contributed by atoms with Crippen molar-refractivity contribution in [3.8, 4) is 0 Å². The van der Waals surface area contributed by atoms with Gasteiger partial charge in [0, 0.05) is 34.3 Å². The quantitative estimate of drug-likeness (QED) is 0.170. The van der Waals surface area contributed by atoms with Crippen molar-refractivity contribution < 1.29 is 0 Å². The molecule has 2 heterocycles. The molecule has 240 valence electrons. The molecule has 0 amide bonds. The van der Waals surface area contributed by atoms with Gasteiger partial charge in [-0.3, -0.25) is 0 Å². The summed E-state index contributed by atoms with van der Waals surface area (Å²) in [5.74, 6) is 0.654. The molecule has 0 saturated heterocycles. The Balaban J connectivity index is 1.14. The molecular formula is C49H39N. The van der Waals surface area contributed by atoms with Crippen LogP contribution < -0.4 is 0 Å². The van der Waals surface area contributed by atoms with E-state index < -0.39 is 0 Å². The number of fused-ring (bicyclic) bond motifs is 7. The lowest BCUT2D eigenvalue weighted by molar-refractivity contribution is 0.403. The number of hydrogen-bond acceptors (Lipinski definition) is 1. The van der Waals surface area contributed by atoms with E-state index in [2.05, 4.69) is 158 Å². The van der Waals surface area contributed by atoms with E-state index in [4.69, 9.17) is 0 Å². The summed E-state index contributed by atoms with van der Waals surface area (Å²) in [6, 6.07) is 40.8. The van der Waals surface area contributed by atoms with Gasteiger partial charge in [0.2, 0.25) is 0 Å². The second-order valence-electron chi connectivity index (χ2n) is 15.5. The molecule has 50 heavy (non-hydrogen) atoms. The largest absolute Gasteiger partial charge is 0.313 e. The first-order valence-electron chi connectivity index (χ1n) is 18.4. The monoisotopic (exact) mass is 641 g/mol. The average molecular weight is 642 g/mol. The Hall–Kier alpha value is -5.40. The standard InChI is InChI=1S/C49H39N/c1-49(2)42-21-11-12-22-45(42)50-44-24-23-34(46-36-17-7-3-13-30(36)25-31-14-4-8-18-37(31)46)27-40(44)41-28-35(29-43(49)48(41)50)47-38-19-9-5-15-32(38)26-33-16-6-10-20-39(33)47/h3-10,12-20,22-26,29,34,41H,11,21,27-28H2,1-2H3. The Morgan fingerprint density at radius 3 is 1.86 bits per heavy atom. The van der Waals surface area contributed by atoms with Crippen LogP contribution in [0.1, 0.15) is 56.6 Å². The number of hydrogen-bond donors (Lipinski definition) is 0. The zero-order chi connectivity index (χ0) is 33.1. The Kier molecular flexibility index (Phi) is 5.86. The van der Waals surface area contributed by atoms with Crippen LogP contribution in [-0.2, 0) is 0 Å². The second kappa shape index (κ2) is 10.3. The molecule has 11 rings (SSSR count). The van der Waals surface area contributed by atoms with Crippen molar-refractivity contribution in [2.45, 2.75) is 45.4 Å². The molecule has 0 fully saturated rings. The fourth-order valence-corrected chi connectivity index (χ4v) is 10.4. The molecule has 0 aromatic heterocycles. The van der Waals surface area contributed by atoms with E-state index in [0.717, 1.165) is 25.7 Å². The third-order valence-electron chi connectivity index (χ3n) is 12.6. The molecule has 5 aliphatic rings. The first kappa shape index (κ1) is 28.4. The van der Waals surface area contributed by atoms with E-state index in [-0.39, 0.29) is 5.41 Å². The van der Waals surface area contributed by atoms with Gasteiger partial charge < -0.3 is 4.90 Å². The predicted octanol–water partition coefficient (Wildman–Crippen LogP) is 12.9. The normalized spacial score (nSPS) is 22.1. The molecule has 2 unspecified atom stereocenters. The van der Waals surface area contributed by atoms with Gasteiger partial charge in [0.15, 0.2) is 0 Å². The number of nitrogens with zero attached hydrogens (tertiary/aromatic N) is 1. The van der Waals surface area contributed by atoms with Crippen LogP contribution in [-0.4, -0.2) is 4.90 Å². The van der Waals surface area contributed by atoms with E-state index in [0.29, 0.717) is 11.8 Å². The molecule has 6 aromatic carbocycles. The molecule has 0 bridgehead atoms. The number of rotatable bonds is 2. The second-order valence-corrected chi connectivity index (χ2v) is 15.5. The zero-order valence-electron chi connectivity index (χ0n) is 28.7.